The van der Waals surface area contributed by atoms with Crippen molar-refractivity contribution >= 4 is 40.8 Å². The zero-order valence-corrected chi connectivity index (χ0v) is 27.1. The van der Waals surface area contributed by atoms with Crippen LogP contribution in [0.1, 0.15) is 47.7 Å². The molecule has 1 N–H and O–H groups in total. The first kappa shape index (κ1) is 33.7. The van der Waals surface area contributed by atoms with Gasteiger partial charge in [-0.3, -0.25) is 9.36 Å². The minimum Gasteiger partial charge on any atom is -0.459 e. The summed E-state index contributed by atoms with van der Waals surface area (Å²) < 4.78 is 40.2. The van der Waals surface area contributed by atoms with Gasteiger partial charge in [0.05, 0.1) is 23.0 Å². The van der Waals surface area contributed by atoms with Crippen LogP contribution < -0.4 is 5.32 Å². The zero-order chi connectivity index (χ0) is 36.0. The molecule has 4 aromatic carbocycles. The number of aromatic nitrogens is 4. The lowest BCUT2D eigenvalue weighted by molar-refractivity contribution is -0.0606. The molecule has 13 nitrogen and oxygen atoms in total. The average Bonchev–Trinajstić information content (AvgIpc) is 3.75. The Morgan fingerprint density at radius 2 is 1.17 bits per heavy atom. The lowest BCUT2D eigenvalue weighted by atomic mass is 10.1. The van der Waals surface area contributed by atoms with Gasteiger partial charge in [0.1, 0.15) is 12.7 Å². The lowest BCUT2D eigenvalue weighted by Gasteiger charge is -2.25. The van der Waals surface area contributed by atoms with Crippen molar-refractivity contribution < 1.29 is 42.5 Å². The molecule has 1 aliphatic heterocycles. The number of fused-ring (bicyclic) bond motifs is 1. The Hall–Kier alpha value is -6.80. The number of benzene rings is 4. The number of hydrogen-bond donors (Lipinski definition) is 1. The standard InChI is InChI=1S/C38H28FN5O8/c39-38-42-31(41-33(45)23-13-5-1-6-14-23)28-32(43-38)44(22-40-28)34-30(52-37(48)26-19-11-4-12-20-26)29(51-36(47)25-17-9-3-10-18-25)27(50-34)21-49-35(46)24-15-7-2-8-16-24/h1-20,22,27,29-30,34H,21H2,(H,41,42,43,45)/t27-,29-,30-,34-/m1/s1. The van der Waals surface area contributed by atoms with Crippen LogP contribution in [-0.2, 0) is 18.9 Å². The van der Waals surface area contributed by atoms with Gasteiger partial charge in [-0.05, 0) is 48.5 Å². The Bertz CT molecular complexity index is 2220. The van der Waals surface area contributed by atoms with E-state index in [0.717, 1.165) is 0 Å². The maximum atomic E-state index is 15.0. The number of esters is 3. The van der Waals surface area contributed by atoms with E-state index >= 15 is 4.39 Å². The summed E-state index contributed by atoms with van der Waals surface area (Å²) in [6.07, 6.45) is -5.32. The summed E-state index contributed by atoms with van der Waals surface area (Å²) in [5.74, 6) is -3.05. The molecule has 0 bridgehead atoms. The number of ether oxygens (including phenoxy) is 4. The van der Waals surface area contributed by atoms with Gasteiger partial charge in [-0.2, -0.15) is 14.4 Å². The van der Waals surface area contributed by atoms with Crippen LogP contribution in [-0.4, -0.2) is 68.3 Å². The van der Waals surface area contributed by atoms with E-state index < -0.39 is 61.0 Å². The van der Waals surface area contributed by atoms with Crippen LogP contribution in [0, 0.1) is 6.08 Å². The third-order valence-electron chi connectivity index (χ3n) is 8.12. The lowest BCUT2D eigenvalue weighted by Crippen LogP contribution is -2.41. The van der Waals surface area contributed by atoms with Crippen LogP contribution in [0.5, 0.6) is 0 Å². The summed E-state index contributed by atoms with van der Waals surface area (Å²) in [6.45, 7) is -0.440. The maximum Gasteiger partial charge on any atom is 0.338 e. The predicted molar refractivity (Wildman–Crippen MR) is 182 cm³/mol. The summed E-state index contributed by atoms with van der Waals surface area (Å²) in [5, 5.41) is 2.56. The number of nitrogens with one attached hydrogen (secondary N) is 1. The van der Waals surface area contributed by atoms with E-state index in [2.05, 4.69) is 20.3 Å². The van der Waals surface area contributed by atoms with Crippen LogP contribution in [0.3, 0.4) is 0 Å². The van der Waals surface area contributed by atoms with Gasteiger partial charge in [-0.15, -0.1) is 0 Å². The molecule has 1 saturated heterocycles. The molecule has 0 unspecified atom stereocenters. The molecule has 1 aliphatic rings. The second-order valence-electron chi connectivity index (χ2n) is 11.5. The summed E-state index contributed by atoms with van der Waals surface area (Å²) >= 11 is 0. The number of rotatable bonds is 10. The fraction of sp³-hybridized carbons (Fsp3) is 0.132. The maximum absolute atomic E-state index is 15.0. The number of hydrogen-bond acceptors (Lipinski definition) is 11. The number of carbonyl (C=O) groups excluding carboxylic acids is 4. The molecular formula is C38H28FN5O8. The van der Waals surface area contributed by atoms with E-state index in [-0.39, 0.29) is 39.2 Å². The summed E-state index contributed by atoms with van der Waals surface area (Å²) in [4.78, 5) is 65.0. The minimum absolute atomic E-state index is 0.0146. The molecule has 2 aromatic heterocycles. The number of halogens is 1. The van der Waals surface area contributed by atoms with Gasteiger partial charge in [0.25, 0.3) is 5.91 Å². The van der Waals surface area contributed by atoms with Crippen LogP contribution >= 0.6 is 0 Å². The van der Waals surface area contributed by atoms with E-state index in [9.17, 15) is 19.2 Å². The summed E-state index contributed by atoms with van der Waals surface area (Å²) in [6, 6.07) is 32.6. The minimum atomic E-state index is -1.42. The molecule has 0 aliphatic carbocycles. The first-order valence-electron chi connectivity index (χ1n) is 16.0. The van der Waals surface area contributed by atoms with Crippen LogP contribution in [0.2, 0.25) is 0 Å². The Morgan fingerprint density at radius 3 is 1.73 bits per heavy atom. The van der Waals surface area contributed by atoms with Crippen molar-refractivity contribution in [3.05, 3.63) is 156 Å². The second kappa shape index (κ2) is 15.0. The monoisotopic (exact) mass is 701 g/mol. The first-order valence-corrected chi connectivity index (χ1v) is 16.0. The number of anilines is 1. The Labute approximate surface area is 295 Å². The number of carbonyl (C=O) groups is 4. The van der Waals surface area contributed by atoms with Gasteiger partial charge in [-0.1, -0.05) is 72.8 Å². The topological polar surface area (TPSA) is 161 Å². The largest absolute Gasteiger partial charge is 0.459 e. The average molecular weight is 702 g/mol. The highest BCUT2D eigenvalue weighted by Crippen LogP contribution is 2.37. The molecule has 0 saturated carbocycles. The van der Waals surface area contributed by atoms with E-state index in [4.69, 9.17) is 18.9 Å². The van der Waals surface area contributed by atoms with E-state index in [1.54, 1.807) is 109 Å². The van der Waals surface area contributed by atoms with E-state index in [1.165, 1.54) is 23.0 Å². The van der Waals surface area contributed by atoms with Crippen LogP contribution in [0.4, 0.5) is 10.2 Å². The fourth-order valence-corrected chi connectivity index (χ4v) is 5.61. The Balaban J connectivity index is 1.27. The van der Waals surface area contributed by atoms with Gasteiger partial charge in [0.2, 0.25) is 0 Å². The molecule has 52 heavy (non-hydrogen) atoms. The summed E-state index contributed by atoms with van der Waals surface area (Å²) in [5.41, 5.74) is 0.775. The highest BCUT2D eigenvalue weighted by Gasteiger charge is 2.52. The third-order valence-corrected chi connectivity index (χ3v) is 8.12. The molecule has 4 atom stereocenters. The van der Waals surface area contributed by atoms with Crippen molar-refractivity contribution in [2.24, 2.45) is 0 Å². The molecule has 7 rings (SSSR count). The molecule has 0 radical (unpaired) electrons. The molecule has 260 valence electrons. The molecule has 1 fully saturated rings. The van der Waals surface area contributed by atoms with Crippen molar-refractivity contribution in [2.75, 3.05) is 11.9 Å². The highest BCUT2D eigenvalue weighted by atomic mass is 19.1. The normalized spacial score (nSPS) is 18.0. The van der Waals surface area contributed by atoms with Gasteiger partial charge in [-0.25, -0.2) is 19.4 Å². The highest BCUT2D eigenvalue weighted by molar-refractivity contribution is 6.06. The third kappa shape index (κ3) is 7.22. The Kier molecular flexibility index (Phi) is 9.71. The smallest absolute Gasteiger partial charge is 0.338 e. The predicted octanol–water partition coefficient (Wildman–Crippen LogP) is 5.42. The fourth-order valence-electron chi connectivity index (χ4n) is 5.61. The molecule has 3 heterocycles. The number of amides is 1. The molecule has 1 amide bonds. The number of nitrogens with zero attached hydrogens (tertiary/aromatic N) is 4. The SMILES string of the molecule is O=C(Nc1nc(F)nc2c1ncn2[C@@H]1O[C@H](COC(=O)c2ccccc2)[C@@H](OC(=O)c2ccccc2)[C@H]1OC(=O)c1ccccc1)c1ccccc1. The van der Waals surface area contributed by atoms with Crippen molar-refractivity contribution in [3.63, 3.8) is 0 Å². The molecule has 0 spiro atoms. The van der Waals surface area contributed by atoms with Gasteiger partial charge >= 0.3 is 24.0 Å². The van der Waals surface area contributed by atoms with Crippen LogP contribution in [0.25, 0.3) is 11.2 Å². The molecular weight excluding hydrogens is 673 g/mol. The van der Waals surface area contributed by atoms with Gasteiger partial charge < -0.3 is 24.3 Å². The zero-order valence-electron chi connectivity index (χ0n) is 27.1. The Morgan fingerprint density at radius 1 is 0.673 bits per heavy atom. The van der Waals surface area contributed by atoms with Crippen LogP contribution in [0.15, 0.2) is 128 Å². The summed E-state index contributed by atoms with van der Waals surface area (Å²) in [7, 11) is 0. The number of imidazole rings is 1. The quantitative estimate of drug-likeness (QED) is 0.110. The van der Waals surface area contributed by atoms with Crippen molar-refractivity contribution in [1.29, 1.82) is 0 Å². The van der Waals surface area contributed by atoms with Crippen molar-refractivity contribution in [3.8, 4) is 0 Å². The van der Waals surface area contributed by atoms with E-state index in [0.29, 0.717) is 0 Å². The first-order chi connectivity index (χ1) is 25.4. The van der Waals surface area contributed by atoms with Crippen molar-refractivity contribution in [1.82, 2.24) is 19.5 Å². The van der Waals surface area contributed by atoms with Crippen molar-refractivity contribution in [2.45, 2.75) is 24.5 Å². The molecule has 14 heteroatoms. The van der Waals surface area contributed by atoms with Gasteiger partial charge in [0.15, 0.2) is 35.4 Å². The van der Waals surface area contributed by atoms with Gasteiger partial charge in [0, 0.05) is 5.56 Å². The molecule has 6 aromatic rings. The van der Waals surface area contributed by atoms with E-state index in [1.807, 2.05) is 0 Å². The second-order valence-corrected chi connectivity index (χ2v) is 11.5.